The van der Waals surface area contributed by atoms with Crippen molar-refractivity contribution in [2.75, 3.05) is 0 Å². The Hall–Kier alpha value is -0.940. The first-order valence-electron chi connectivity index (χ1n) is 5.50. The van der Waals surface area contributed by atoms with Gasteiger partial charge < -0.3 is 0 Å². The van der Waals surface area contributed by atoms with Crippen LogP contribution in [0.25, 0.3) is 0 Å². The topological polar surface area (TPSA) is 59.1 Å². The molecule has 1 aromatic heterocycles. The predicted molar refractivity (Wildman–Crippen MR) is 61.4 cm³/mol. The Morgan fingerprint density at radius 2 is 2.25 bits per heavy atom. The Balaban J connectivity index is 2.09. The Morgan fingerprint density at radius 1 is 1.44 bits per heavy atom. The maximum Gasteiger partial charge on any atom is 0.242 e. The minimum absolute atomic E-state index is 0.0835. The molecule has 88 valence electrons. The summed E-state index contributed by atoms with van der Waals surface area (Å²) in [6.07, 6.45) is 5.90. The summed E-state index contributed by atoms with van der Waals surface area (Å²) in [7, 11) is -3.38. The van der Waals surface area contributed by atoms with Crippen molar-refractivity contribution in [1.29, 1.82) is 0 Å². The SMILES string of the molecule is CC1CCC(NS(=O)(=O)c2cccnc2)C1. The molecule has 1 aromatic rings. The van der Waals surface area contributed by atoms with Crippen LogP contribution in [-0.2, 0) is 10.0 Å². The summed E-state index contributed by atoms with van der Waals surface area (Å²) < 4.78 is 26.6. The molecule has 2 atom stereocenters. The van der Waals surface area contributed by atoms with Gasteiger partial charge in [0.1, 0.15) is 4.90 Å². The van der Waals surface area contributed by atoms with Crippen LogP contribution in [0.1, 0.15) is 26.2 Å². The van der Waals surface area contributed by atoms with Crippen LogP contribution in [0.15, 0.2) is 29.4 Å². The summed E-state index contributed by atoms with van der Waals surface area (Å²) in [5, 5.41) is 0. The predicted octanol–water partition coefficient (Wildman–Crippen LogP) is 1.55. The molecule has 0 saturated heterocycles. The van der Waals surface area contributed by atoms with Crippen LogP contribution in [0.5, 0.6) is 0 Å². The van der Waals surface area contributed by atoms with Gasteiger partial charge in [-0.3, -0.25) is 4.98 Å². The van der Waals surface area contributed by atoms with Gasteiger partial charge in [-0.05, 0) is 37.3 Å². The first-order valence-corrected chi connectivity index (χ1v) is 6.98. The normalized spacial score (nSPS) is 25.8. The second-order valence-electron chi connectivity index (χ2n) is 4.43. The van der Waals surface area contributed by atoms with Crippen molar-refractivity contribution in [2.24, 2.45) is 5.92 Å². The molecule has 2 unspecified atom stereocenters. The van der Waals surface area contributed by atoms with Gasteiger partial charge in [-0.25, -0.2) is 13.1 Å². The third kappa shape index (κ3) is 2.59. The number of hydrogen-bond acceptors (Lipinski definition) is 3. The number of hydrogen-bond donors (Lipinski definition) is 1. The van der Waals surface area contributed by atoms with E-state index < -0.39 is 10.0 Å². The molecule has 0 amide bonds. The lowest BCUT2D eigenvalue weighted by Gasteiger charge is -2.12. The van der Waals surface area contributed by atoms with E-state index in [2.05, 4.69) is 16.6 Å². The van der Waals surface area contributed by atoms with Gasteiger partial charge in [-0.2, -0.15) is 0 Å². The minimum Gasteiger partial charge on any atom is -0.263 e. The zero-order valence-corrected chi connectivity index (χ0v) is 10.1. The van der Waals surface area contributed by atoms with Crippen molar-refractivity contribution in [1.82, 2.24) is 9.71 Å². The van der Waals surface area contributed by atoms with E-state index in [1.54, 1.807) is 18.3 Å². The molecule has 16 heavy (non-hydrogen) atoms. The van der Waals surface area contributed by atoms with E-state index in [0.717, 1.165) is 19.3 Å². The monoisotopic (exact) mass is 240 g/mol. The van der Waals surface area contributed by atoms with E-state index in [1.807, 2.05) is 0 Å². The molecule has 0 aromatic carbocycles. The largest absolute Gasteiger partial charge is 0.263 e. The van der Waals surface area contributed by atoms with E-state index >= 15 is 0 Å². The van der Waals surface area contributed by atoms with Gasteiger partial charge in [0.05, 0.1) is 0 Å². The van der Waals surface area contributed by atoms with E-state index in [9.17, 15) is 8.42 Å². The summed E-state index contributed by atoms with van der Waals surface area (Å²) in [6, 6.07) is 3.28. The van der Waals surface area contributed by atoms with Gasteiger partial charge in [-0.15, -0.1) is 0 Å². The Kier molecular flexibility index (Phi) is 3.25. The van der Waals surface area contributed by atoms with Gasteiger partial charge in [0.2, 0.25) is 10.0 Å². The molecule has 1 heterocycles. The Morgan fingerprint density at radius 3 is 2.81 bits per heavy atom. The highest BCUT2D eigenvalue weighted by Gasteiger charge is 2.26. The van der Waals surface area contributed by atoms with Gasteiger partial charge >= 0.3 is 0 Å². The second-order valence-corrected chi connectivity index (χ2v) is 6.14. The smallest absolute Gasteiger partial charge is 0.242 e. The number of pyridine rings is 1. The molecule has 0 spiro atoms. The first kappa shape index (κ1) is 11.5. The molecule has 1 saturated carbocycles. The average molecular weight is 240 g/mol. The fourth-order valence-electron chi connectivity index (χ4n) is 2.11. The molecule has 2 rings (SSSR count). The van der Waals surface area contributed by atoms with Crippen LogP contribution in [0.2, 0.25) is 0 Å². The lowest BCUT2D eigenvalue weighted by Crippen LogP contribution is -2.32. The fraction of sp³-hybridized carbons (Fsp3) is 0.545. The highest BCUT2D eigenvalue weighted by molar-refractivity contribution is 7.89. The van der Waals surface area contributed by atoms with Crippen molar-refractivity contribution >= 4 is 10.0 Å². The van der Waals surface area contributed by atoms with Crippen molar-refractivity contribution in [3.8, 4) is 0 Å². The van der Waals surface area contributed by atoms with Crippen LogP contribution in [-0.4, -0.2) is 19.4 Å². The van der Waals surface area contributed by atoms with Crippen molar-refractivity contribution in [3.05, 3.63) is 24.5 Å². The molecule has 1 fully saturated rings. The minimum atomic E-state index is -3.38. The molecule has 1 N–H and O–H groups in total. The van der Waals surface area contributed by atoms with Gasteiger partial charge in [0, 0.05) is 18.4 Å². The molecular formula is C11H16N2O2S. The molecule has 0 aliphatic heterocycles. The maximum absolute atomic E-state index is 11.9. The van der Waals surface area contributed by atoms with E-state index in [4.69, 9.17) is 0 Å². The third-order valence-electron chi connectivity index (χ3n) is 2.96. The lowest BCUT2D eigenvalue weighted by molar-refractivity contribution is 0.538. The Labute approximate surface area is 96.1 Å². The molecule has 0 bridgehead atoms. The fourth-order valence-corrected chi connectivity index (χ4v) is 3.35. The summed E-state index contributed by atoms with van der Waals surface area (Å²) in [4.78, 5) is 4.07. The standard InChI is InChI=1S/C11H16N2O2S/c1-9-4-5-10(7-9)13-16(14,15)11-3-2-6-12-8-11/h2-3,6,8-10,13H,4-5,7H2,1H3. The van der Waals surface area contributed by atoms with Gasteiger partial charge in [0.25, 0.3) is 0 Å². The van der Waals surface area contributed by atoms with E-state index in [0.29, 0.717) is 5.92 Å². The molecule has 4 nitrogen and oxygen atoms in total. The van der Waals surface area contributed by atoms with Crippen LogP contribution in [0.3, 0.4) is 0 Å². The van der Waals surface area contributed by atoms with Crippen LogP contribution in [0.4, 0.5) is 0 Å². The zero-order valence-electron chi connectivity index (χ0n) is 9.26. The molecule has 0 radical (unpaired) electrons. The number of rotatable bonds is 3. The molecule has 1 aliphatic carbocycles. The Bertz CT molecular complexity index is 444. The van der Waals surface area contributed by atoms with Crippen LogP contribution >= 0.6 is 0 Å². The van der Waals surface area contributed by atoms with Gasteiger partial charge in [-0.1, -0.05) is 6.92 Å². The molecule has 1 aliphatic rings. The summed E-state index contributed by atoms with van der Waals surface area (Å²) in [5.41, 5.74) is 0. The number of nitrogens with one attached hydrogen (secondary N) is 1. The third-order valence-corrected chi connectivity index (χ3v) is 4.47. The lowest BCUT2D eigenvalue weighted by atomic mass is 10.1. The van der Waals surface area contributed by atoms with E-state index in [-0.39, 0.29) is 10.9 Å². The van der Waals surface area contributed by atoms with Crippen LogP contribution < -0.4 is 4.72 Å². The highest BCUT2D eigenvalue weighted by atomic mass is 32.2. The average Bonchev–Trinajstić information content (AvgIpc) is 2.64. The number of sulfonamides is 1. The maximum atomic E-state index is 11.9. The highest BCUT2D eigenvalue weighted by Crippen LogP contribution is 2.25. The first-order chi connectivity index (χ1) is 7.58. The quantitative estimate of drug-likeness (QED) is 0.872. The van der Waals surface area contributed by atoms with Crippen LogP contribution in [0, 0.1) is 5.92 Å². The van der Waals surface area contributed by atoms with Crippen molar-refractivity contribution in [3.63, 3.8) is 0 Å². The molecule has 5 heteroatoms. The summed E-state index contributed by atoms with van der Waals surface area (Å²) >= 11 is 0. The van der Waals surface area contributed by atoms with E-state index in [1.165, 1.54) is 6.20 Å². The van der Waals surface area contributed by atoms with Gasteiger partial charge in [0.15, 0.2) is 0 Å². The zero-order chi connectivity index (χ0) is 11.6. The number of aromatic nitrogens is 1. The second kappa shape index (κ2) is 4.51. The summed E-state index contributed by atoms with van der Waals surface area (Å²) in [6.45, 7) is 2.15. The molecular weight excluding hydrogens is 224 g/mol. The summed E-state index contributed by atoms with van der Waals surface area (Å²) in [5.74, 6) is 0.613. The van der Waals surface area contributed by atoms with Crippen molar-refractivity contribution in [2.45, 2.75) is 37.1 Å². The number of nitrogens with zero attached hydrogens (tertiary/aromatic N) is 1. The van der Waals surface area contributed by atoms with Crippen molar-refractivity contribution < 1.29 is 8.42 Å².